The predicted octanol–water partition coefficient (Wildman–Crippen LogP) is 0.136. The normalized spacial score (nSPS) is 37.0. The molecule has 0 bridgehead atoms. The van der Waals surface area contributed by atoms with Crippen LogP contribution in [0.4, 0.5) is 4.48 Å². The summed E-state index contributed by atoms with van der Waals surface area (Å²) in [6.07, 6.45) is 3.99. The lowest BCUT2D eigenvalue weighted by Gasteiger charge is -2.26. The lowest BCUT2D eigenvalue weighted by molar-refractivity contribution is -0.135. The zero-order valence-electron chi connectivity index (χ0n) is 8.46. The van der Waals surface area contributed by atoms with Crippen LogP contribution in [0.5, 0.6) is 0 Å². The van der Waals surface area contributed by atoms with Crippen LogP contribution in [-0.2, 0) is 9.59 Å². The number of nitrogens with zero attached hydrogens (tertiary/aromatic N) is 1. The van der Waals surface area contributed by atoms with Gasteiger partial charge in [-0.2, -0.15) is 0 Å². The lowest BCUT2D eigenvalue weighted by Crippen LogP contribution is -2.54. The van der Waals surface area contributed by atoms with Crippen LogP contribution in [0.15, 0.2) is 0 Å². The van der Waals surface area contributed by atoms with Crippen molar-refractivity contribution in [2.45, 2.75) is 37.3 Å². The molecule has 4 nitrogen and oxygen atoms in total. The van der Waals surface area contributed by atoms with E-state index in [9.17, 15) is 14.1 Å². The highest BCUT2D eigenvalue weighted by Crippen LogP contribution is 2.31. The number of nitrogens with one attached hydrogen (secondary N) is 1. The summed E-state index contributed by atoms with van der Waals surface area (Å²) >= 11 is 0. The summed E-state index contributed by atoms with van der Waals surface area (Å²) in [5, 5.41) is 3.34. The van der Waals surface area contributed by atoms with Crippen LogP contribution in [0.2, 0.25) is 0 Å². The first-order chi connectivity index (χ1) is 7.20. The highest BCUT2D eigenvalue weighted by atomic mass is 19.2. The maximum atomic E-state index is 13.5. The number of ketones is 1. The van der Waals surface area contributed by atoms with E-state index in [1.165, 1.54) is 0 Å². The van der Waals surface area contributed by atoms with Gasteiger partial charge in [0.15, 0.2) is 11.3 Å². The van der Waals surface area contributed by atoms with Crippen LogP contribution in [0, 0.1) is 0 Å². The number of hydrogen-bond acceptors (Lipinski definition) is 4. The Morgan fingerprint density at radius 1 is 1.53 bits per heavy atom. The summed E-state index contributed by atoms with van der Waals surface area (Å²) in [7, 11) is 0. The van der Waals surface area contributed by atoms with E-state index < -0.39 is 5.54 Å². The molecule has 2 atom stereocenters. The monoisotopic (exact) mass is 213 g/mol. The molecule has 2 saturated heterocycles. The van der Waals surface area contributed by atoms with Crippen LogP contribution in [0.1, 0.15) is 25.7 Å². The second kappa shape index (κ2) is 3.98. The van der Waals surface area contributed by atoms with Gasteiger partial charge in [0.2, 0.25) is 6.29 Å². The molecular formula is C10H14FN2O2. The van der Waals surface area contributed by atoms with Gasteiger partial charge in [-0.25, -0.2) is 0 Å². The Labute approximate surface area is 87.7 Å². The first kappa shape index (κ1) is 10.7. The van der Waals surface area contributed by atoms with Crippen molar-refractivity contribution in [3.05, 3.63) is 0 Å². The molecule has 1 N–H and O–H groups in total. The van der Waals surface area contributed by atoms with Gasteiger partial charge in [0, 0.05) is 6.54 Å². The van der Waals surface area contributed by atoms with E-state index in [2.05, 4.69) is 5.32 Å². The molecule has 0 saturated carbocycles. The molecule has 83 valence electrons. The number of halogens is 1. The van der Waals surface area contributed by atoms with Gasteiger partial charge in [-0.05, 0) is 32.2 Å². The summed E-state index contributed by atoms with van der Waals surface area (Å²) in [5.41, 5.74) is -1.62. The van der Waals surface area contributed by atoms with Crippen molar-refractivity contribution in [3.63, 3.8) is 0 Å². The number of hydrogen-bond donors (Lipinski definition) is 1. The van der Waals surface area contributed by atoms with Crippen molar-refractivity contribution in [2.24, 2.45) is 0 Å². The van der Waals surface area contributed by atoms with Crippen molar-refractivity contribution in [3.8, 4) is 0 Å². The van der Waals surface area contributed by atoms with Gasteiger partial charge in [-0.1, -0.05) is 0 Å². The minimum atomic E-state index is -1.62. The average molecular weight is 213 g/mol. The van der Waals surface area contributed by atoms with E-state index in [0.717, 1.165) is 13.0 Å². The molecule has 0 aliphatic carbocycles. The molecule has 2 fully saturated rings. The number of carbonyl (C=O) groups is 1. The Morgan fingerprint density at radius 3 is 2.80 bits per heavy atom. The van der Waals surface area contributed by atoms with E-state index in [1.54, 1.807) is 6.29 Å². The van der Waals surface area contributed by atoms with Crippen molar-refractivity contribution in [1.82, 2.24) is 10.4 Å². The van der Waals surface area contributed by atoms with Crippen LogP contribution < -0.4 is 5.32 Å². The summed E-state index contributed by atoms with van der Waals surface area (Å²) in [5.74, 6) is -0.352. The molecule has 0 aromatic heterocycles. The Morgan fingerprint density at radius 2 is 2.33 bits per heavy atom. The molecule has 0 unspecified atom stereocenters. The molecule has 0 aromatic carbocycles. The summed E-state index contributed by atoms with van der Waals surface area (Å²) < 4.78 is 13.5. The van der Waals surface area contributed by atoms with Crippen molar-refractivity contribution in [2.75, 3.05) is 13.1 Å². The van der Waals surface area contributed by atoms with E-state index in [0.29, 0.717) is 18.0 Å². The Bertz CT molecular complexity index is 279. The topological polar surface area (TPSA) is 49.4 Å². The quantitative estimate of drug-likeness (QED) is 0.535. The van der Waals surface area contributed by atoms with E-state index in [1.807, 2.05) is 0 Å². The molecule has 0 aromatic rings. The molecule has 1 radical (unpaired) electrons. The van der Waals surface area contributed by atoms with Crippen molar-refractivity contribution < 1.29 is 14.1 Å². The van der Waals surface area contributed by atoms with Crippen LogP contribution in [0.25, 0.3) is 0 Å². The van der Waals surface area contributed by atoms with E-state index in [-0.39, 0.29) is 24.8 Å². The molecule has 5 heteroatoms. The lowest BCUT2D eigenvalue weighted by atomic mass is 9.88. The molecule has 0 amide bonds. The third kappa shape index (κ3) is 1.59. The molecule has 2 heterocycles. The smallest absolute Gasteiger partial charge is 0.231 e. The predicted molar refractivity (Wildman–Crippen MR) is 51.5 cm³/mol. The summed E-state index contributed by atoms with van der Waals surface area (Å²) in [4.78, 5) is 22.9. The van der Waals surface area contributed by atoms with Crippen LogP contribution in [-0.4, -0.2) is 41.9 Å². The maximum absolute atomic E-state index is 13.5. The maximum Gasteiger partial charge on any atom is 0.231 e. The van der Waals surface area contributed by atoms with Gasteiger partial charge >= 0.3 is 0 Å². The van der Waals surface area contributed by atoms with E-state index >= 15 is 0 Å². The minimum absolute atomic E-state index is 0.147. The summed E-state index contributed by atoms with van der Waals surface area (Å²) in [6.45, 7) is 0.908. The van der Waals surface area contributed by atoms with Gasteiger partial charge in [0.05, 0.1) is 6.04 Å². The van der Waals surface area contributed by atoms with Crippen LogP contribution in [0.3, 0.4) is 0 Å². The minimum Gasteiger partial charge on any atom is -0.307 e. The molecule has 15 heavy (non-hydrogen) atoms. The molecule has 0 spiro atoms. The van der Waals surface area contributed by atoms with Crippen molar-refractivity contribution >= 4 is 12.1 Å². The first-order valence-corrected chi connectivity index (χ1v) is 5.31. The van der Waals surface area contributed by atoms with Gasteiger partial charge < -0.3 is 5.32 Å². The third-order valence-electron chi connectivity index (χ3n) is 3.26. The fourth-order valence-corrected chi connectivity index (χ4v) is 2.38. The van der Waals surface area contributed by atoms with Gasteiger partial charge in [-0.15, -0.1) is 9.60 Å². The SMILES string of the molecule is O=[C][C@]1(C(=O)[C@@H]2CCCN2)CCCN1F. The highest BCUT2D eigenvalue weighted by Gasteiger charge is 2.51. The zero-order chi connectivity index (χ0) is 10.9. The van der Waals surface area contributed by atoms with E-state index in [4.69, 9.17) is 0 Å². The van der Waals surface area contributed by atoms with Crippen LogP contribution >= 0.6 is 0 Å². The first-order valence-electron chi connectivity index (χ1n) is 5.31. The number of rotatable bonds is 3. The second-order valence-electron chi connectivity index (χ2n) is 4.16. The molecule has 2 aliphatic rings. The molecule has 2 rings (SSSR count). The fraction of sp³-hybridized carbons (Fsp3) is 0.800. The number of carbonyl (C=O) groups excluding carboxylic acids is 2. The van der Waals surface area contributed by atoms with Gasteiger partial charge in [-0.3, -0.25) is 9.59 Å². The highest BCUT2D eigenvalue weighted by molar-refractivity contribution is 6.06. The standard InChI is InChI=1S/C10H14FN2O2/c11-13-6-2-4-10(13,7-14)9(15)8-3-1-5-12-8/h8,12H,1-6H2/t8-,10-/m0/s1. The Balaban J connectivity index is 2.18. The number of Topliss-reactive ketones (excluding diaryl/α,β-unsaturated/α-hetero) is 1. The largest absolute Gasteiger partial charge is 0.307 e. The third-order valence-corrected chi connectivity index (χ3v) is 3.26. The molecule has 2 aliphatic heterocycles. The summed E-state index contributed by atoms with van der Waals surface area (Å²) in [6, 6.07) is -0.372. The van der Waals surface area contributed by atoms with Gasteiger partial charge in [0.1, 0.15) is 0 Å². The zero-order valence-corrected chi connectivity index (χ0v) is 8.46. The molecular weight excluding hydrogens is 199 g/mol. The van der Waals surface area contributed by atoms with Crippen molar-refractivity contribution in [1.29, 1.82) is 0 Å². The average Bonchev–Trinajstić information content (AvgIpc) is 2.86. The second-order valence-corrected chi connectivity index (χ2v) is 4.16. The Hall–Kier alpha value is -0.810. The van der Waals surface area contributed by atoms with Gasteiger partial charge in [0.25, 0.3) is 0 Å². The fourth-order valence-electron chi connectivity index (χ4n) is 2.38. The Kier molecular flexibility index (Phi) is 2.84.